The molecule has 2 rings (SSSR count). The maximum absolute atomic E-state index is 12.1. The average molecular weight is 260 g/mol. The summed E-state index contributed by atoms with van der Waals surface area (Å²) in [5.41, 5.74) is 1.43. The predicted molar refractivity (Wildman–Crippen MR) is 76.1 cm³/mol. The molecule has 0 unspecified atom stereocenters. The standard InChI is InChI=1S/C15H20N2O2/c1-15(2,7-8-18)10-16-14(19)13-9-11-5-3-4-6-12(11)17-13/h3-6,9,17-18H,7-8,10H2,1-2H3,(H,16,19). The van der Waals surface area contributed by atoms with Gasteiger partial charge in [-0.1, -0.05) is 32.0 Å². The Hall–Kier alpha value is -1.81. The fourth-order valence-corrected chi connectivity index (χ4v) is 2.00. The van der Waals surface area contributed by atoms with Crippen molar-refractivity contribution in [3.63, 3.8) is 0 Å². The number of aliphatic hydroxyl groups is 1. The summed E-state index contributed by atoms with van der Waals surface area (Å²) in [7, 11) is 0. The lowest BCUT2D eigenvalue weighted by Gasteiger charge is -2.23. The molecule has 4 nitrogen and oxygen atoms in total. The molecule has 1 aromatic heterocycles. The van der Waals surface area contributed by atoms with E-state index in [2.05, 4.69) is 10.3 Å². The lowest BCUT2D eigenvalue weighted by molar-refractivity contribution is 0.0924. The third-order valence-corrected chi connectivity index (χ3v) is 3.29. The van der Waals surface area contributed by atoms with E-state index in [-0.39, 0.29) is 17.9 Å². The van der Waals surface area contributed by atoms with Crippen LogP contribution in [0.1, 0.15) is 30.8 Å². The van der Waals surface area contributed by atoms with E-state index in [4.69, 9.17) is 5.11 Å². The van der Waals surface area contributed by atoms with E-state index in [1.165, 1.54) is 0 Å². The van der Waals surface area contributed by atoms with Crippen LogP contribution in [0.2, 0.25) is 0 Å². The summed E-state index contributed by atoms with van der Waals surface area (Å²) in [6, 6.07) is 9.65. The highest BCUT2D eigenvalue weighted by Crippen LogP contribution is 2.19. The molecule has 1 heterocycles. The summed E-state index contributed by atoms with van der Waals surface area (Å²) in [5, 5.41) is 12.9. The van der Waals surface area contributed by atoms with Crippen LogP contribution >= 0.6 is 0 Å². The van der Waals surface area contributed by atoms with Gasteiger partial charge in [0.2, 0.25) is 0 Å². The van der Waals surface area contributed by atoms with Gasteiger partial charge in [-0.05, 0) is 24.0 Å². The maximum atomic E-state index is 12.1. The zero-order valence-electron chi connectivity index (χ0n) is 11.4. The molecule has 0 spiro atoms. The Labute approximate surface area is 112 Å². The van der Waals surface area contributed by atoms with Gasteiger partial charge in [0.05, 0.1) is 0 Å². The number of aromatic amines is 1. The van der Waals surface area contributed by atoms with Gasteiger partial charge in [0.1, 0.15) is 5.69 Å². The zero-order chi connectivity index (χ0) is 13.9. The van der Waals surface area contributed by atoms with E-state index in [0.29, 0.717) is 18.7 Å². The quantitative estimate of drug-likeness (QED) is 0.772. The summed E-state index contributed by atoms with van der Waals surface area (Å²) >= 11 is 0. The van der Waals surface area contributed by atoms with E-state index in [0.717, 1.165) is 10.9 Å². The van der Waals surface area contributed by atoms with Crippen LogP contribution in [0.4, 0.5) is 0 Å². The summed E-state index contributed by atoms with van der Waals surface area (Å²) in [4.78, 5) is 15.2. The first-order valence-corrected chi connectivity index (χ1v) is 6.49. The molecule has 0 radical (unpaired) electrons. The lowest BCUT2D eigenvalue weighted by Crippen LogP contribution is -2.34. The van der Waals surface area contributed by atoms with Gasteiger partial charge in [-0.3, -0.25) is 4.79 Å². The SMILES string of the molecule is CC(C)(CCO)CNC(=O)c1cc2ccccc2[nH]1. The Morgan fingerprint density at radius 1 is 1.37 bits per heavy atom. The third-order valence-electron chi connectivity index (χ3n) is 3.29. The summed E-state index contributed by atoms with van der Waals surface area (Å²) < 4.78 is 0. The van der Waals surface area contributed by atoms with E-state index < -0.39 is 0 Å². The molecule has 0 atom stereocenters. The highest BCUT2D eigenvalue weighted by molar-refractivity contribution is 5.97. The van der Waals surface area contributed by atoms with Gasteiger partial charge in [-0.2, -0.15) is 0 Å². The van der Waals surface area contributed by atoms with Gasteiger partial charge in [0.25, 0.3) is 5.91 Å². The fraction of sp³-hybridized carbons (Fsp3) is 0.400. The highest BCUT2D eigenvalue weighted by atomic mass is 16.3. The Morgan fingerprint density at radius 3 is 2.79 bits per heavy atom. The number of hydrogen-bond acceptors (Lipinski definition) is 2. The van der Waals surface area contributed by atoms with Crippen LogP contribution in [0.5, 0.6) is 0 Å². The monoisotopic (exact) mass is 260 g/mol. The molecule has 3 N–H and O–H groups in total. The molecular formula is C15H20N2O2. The first kappa shape index (κ1) is 13.6. The highest BCUT2D eigenvalue weighted by Gasteiger charge is 2.19. The Bertz CT molecular complexity index is 539. The Morgan fingerprint density at radius 2 is 2.11 bits per heavy atom. The third kappa shape index (κ3) is 3.35. The van der Waals surface area contributed by atoms with Crippen molar-refractivity contribution in [3.05, 3.63) is 36.0 Å². The van der Waals surface area contributed by atoms with Crippen LogP contribution in [-0.4, -0.2) is 29.1 Å². The van der Waals surface area contributed by atoms with Gasteiger partial charge in [0, 0.05) is 24.1 Å². The van der Waals surface area contributed by atoms with Gasteiger partial charge in [-0.15, -0.1) is 0 Å². The first-order valence-electron chi connectivity index (χ1n) is 6.49. The second-order valence-electron chi connectivity index (χ2n) is 5.59. The second kappa shape index (κ2) is 5.45. The molecule has 0 aliphatic carbocycles. The summed E-state index contributed by atoms with van der Waals surface area (Å²) in [5.74, 6) is -0.109. The van der Waals surface area contributed by atoms with Crippen molar-refractivity contribution in [2.45, 2.75) is 20.3 Å². The van der Waals surface area contributed by atoms with Crippen LogP contribution in [-0.2, 0) is 0 Å². The molecule has 0 saturated heterocycles. The largest absolute Gasteiger partial charge is 0.396 e. The van der Waals surface area contributed by atoms with Crippen LogP contribution in [0, 0.1) is 5.41 Å². The minimum absolute atomic E-state index is 0.101. The van der Waals surface area contributed by atoms with Crippen molar-refractivity contribution in [2.24, 2.45) is 5.41 Å². The maximum Gasteiger partial charge on any atom is 0.267 e. The van der Waals surface area contributed by atoms with Crippen LogP contribution in [0.3, 0.4) is 0 Å². The minimum Gasteiger partial charge on any atom is -0.396 e. The van der Waals surface area contributed by atoms with Crippen molar-refractivity contribution in [3.8, 4) is 0 Å². The zero-order valence-corrected chi connectivity index (χ0v) is 11.4. The van der Waals surface area contributed by atoms with Crippen LogP contribution in [0.25, 0.3) is 10.9 Å². The van der Waals surface area contributed by atoms with Crippen molar-refractivity contribution < 1.29 is 9.90 Å². The normalized spacial score (nSPS) is 11.7. The topological polar surface area (TPSA) is 65.1 Å². The predicted octanol–water partition coefficient (Wildman–Crippen LogP) is 2.31. The number of fused-ring (bicyclic) bond motifs is 1. The number of carbonyl (C=O) groups excluding carboxylic acids is 1. The van der Waals surface area contributed by atoms with E-state index in [1.807, 2.05) is 44.2 Å². The minimum atomic E-state index is -0.109. The van der Waals surface area contributed by atoms with Crippen LogP contribution < -0.4 is 5.32 Å². The molecule has 4 heteroatoms. The number of para-hydroxylation sites is 1. The summed E-state index contributed by atoms with van der Waals surface area (Å²) in [6.07, 6.45) is 0.667. The molecule has 1 amide bonds. The number of benzene rings is 1. The van der Waals surface area contributed by atoms with Crippen molar-refractivity contribution >= 4 is 16.8 Å². The van der Waals surface area contributed by atoms with Gasteiger partial charge in [-0.25, -0.2) is 0 Å². The second-order valence-corrected chi connectivity index (χ2v) is 5.59. The molecule has 0 aliphatic rings. The number of amides is 1. The fourth-order valence-electron chi connectivity index (χ4n) is 2.00. The number of carbonyl (C=O) groups is 1. The number of aromatic nitrogens is 1. The number of H-pyrrole nitrogens is 1. The molecular weight excluding hydrogens is 240 g/mol. The number of aliphatic hydroxyl groups excluding tert-OH is 1. The van der Waals surface area contributed by atoms with E-state index >= 15 is 0 Å². The Balaban J connectivity index is 2.04. The lowest BCUT2D eigenvalue weighted by atomic mass is 9.90. The first-order chi connectivity index (χ1) is 9.02. The molecule has 1 aromatic carbocycles. The number of rotatable bonds is 5. The molecule has 0 bridgehead atoms. The smallest absolute Gasteiger partial charge is 0.267 e. The Kier molecular flexibility index (Phi) is 3.90. The van der Waals surface area contributed by atoms with Gasteiger partial charge in [0.15, 0.2) is 0 Å². The van der Waals surface area contributed by atoms with Crippen molar-refractivity contribution in [1.82, 2.24) is 10.3 Å². The number of nitrogens with one attached hydrogen (secondary N) is 2. The number of hydrogen-bond donors (Lipinski definition) is 3. The molecule has 0 aliphatic heterocycles. The molecule has 0 saturated carbocycles. The molecule has 102 valence electrons. The van der Waals surface area contributed by atoms with Crippen molar-refractivity contribution in [1.29, 1.82) is 0 Å². The van der Waals surface area contributed by atoms with Crippen molar-refractivity contribution in [2.75, 3.05) is 13.2 Å². The van der Waals surface area contributed by atoms with Crippen LogP contribution in [0.15, 0.2) is 30.3 Å². The average Bonchev–Trinajstić information content (AvgIpc) is 2.79. The molecule has 19 heavy (non-hydrogen) atoms. The van der Waals surface area contributed by atoms with E-state index in [9.17, 15) is 4.79 Å². The summed E-state index contributed by atoms with van der Waals surface area (Å²) in [6.45, 7) is 4.72. The van der Waals surface area contributed by atoms with Gasteiger partial charge < -0.3 is 15.4 Å². The van der Waals surface area contributed by atoms with E-state index in [1.54, 1.807) is 0 Å². The molecule has 2 aromatic rings. The van der Waals surface area contributed by atoms with Gasteiger partial charge >= 0.3 is 0 Å². The molecule has 0 fully saturated rings.